The Balaban J connectivity index is 1.71. The lowest BCUT2D eigenvalue weighted by Gasteiger charge is -2.33. The molecule has 1 saturated heterocycles. The van der Waals surface area contributed by atoms with Gasteiger partial charge in [0.25, 0.3) is 0 Å². The maximum absolute atomic E-state index is 14.9. The van der Waals surface area contributed by atoms with E-state index < -0.39 is 18.3 Å². The third-order valence-corrected chi connectivity index (χ3v) is 6.31. The van der Waals surface area contributed by atoms with Crippen LogP contribution in [0.15, 0.2) is 24.3 Å². The summed E-state index contributed by atoms with van der Waals surface area (Å²) in [5.41, 5.74) is 1.41. The minimum absolute atomic E-state index is 0.179. The molecule has 0 spiro atoms. The molecule has 2 aliphatic rings. The van der Waals surface area contributed by atoms with Gasteiger partial charge in [-0.15, -0.1) is 0 Å². The molecule has 2 aliphatic heterocycles. The first-order valence-corrected chi connectivity index (χ1v) is 10.1. The minimum Gasteiger partial charge on any atom is -0.399 e. The highest BCUT2D eigenvalue weighted by Gasteiger charge is 2.51. The summed E-state index contributed by atoms with van der Waals surface area (Å²) in [6.07, 6.45) is 2.95. The lowest BCUT2D eigenvalue weighted by atomic mass is 9.78. The minimum atomic E-state index is -0.541. The molecule has 0 unspecified atom stereocenters. The smallest absolute Gasteiger partial charge is 0.399 e. The van der Waals surface area contributed by atoms with Gasteiger partial charge in [-0.25, -0.2) is 4.39 Å². The van der Waals surface area contributed by atoms with Crippen LogP contribution in [0, 0.1) is 5.82 Å². The molecule has 0 bridgehead atoms. The monoisotopic (exact) mass is 389 g/mol. The third kappa shape index (κ3) is 4.35. The second kappa shape index (κ2) is 7.56. The molecule has 1 aromatic rings. The molecule has 0 radical (unpaired) electrons. The fourth-order valence-corrected chi connectivity index (χ4v) is 3.62. The average molecular weight is 389 g/mol. The van der Waals surface area contributed by atoms with Crippen molar-refractivity contribution in [3.63, 3.8) is 0 Å². The zero-order valence-electron chi connectivity index (χ0n) is 18.3. The molecule has 0 N–H and O–H groups in total. The van der Waals surface area contributed by atoms with Gasteiger partial charge in [0.1, 0.15) is 5.82 Å². The van der Waals surface area contributed by atoms with Gasteiger partial charge in [-0.05, 0) is 65.1 Å². The number of methoxy groups -OCH3 is 1. The van der Waals surface area contributed by atoms with Gasteiger partial charge >= 0.3 is 7.12 Å². The maximum atomic E-state index is 14.9. The van der Waals surface area contributed by atoms with Crippen LogP contribution in [0.5, 0.6) is 0 Å². The number of benzene rings is 1. The molecule has 0 aliphatic carbocycles. The normalized spacial score (nSPS) is 22.4. The third-order valence-electron chi connectivity index (χ3n) is 6.31. The second-order valence-electron chi connectivity index (χ2n) is 9.51. The molecule has 0 aromatic heterocycles. The van der Waals surface area contributed by atoms with Crippen LogP contribution in [0.25, 0.3) is 5.57 Å². The number of halogens is 1. The van der Waals surface area contributed by atoms with E-state index >= 15 is 0 Å². The van der Waals surface area contributed by atoms with E-state index in [1.54, 1.807) is 13.2 Å². The van der Waals surface area contributed by atoms with Gasteiger partial charge in [0.15, 0.2) is 0 Å². The van der Waals surface area contributed by atoms with Crippen molar-refractivity contribution in [2.45, 2.75) is 64.8 Å². The summed E-state index contributed by atoms with van der Waals surface area (Å²) in [5.74, 6) is -0.218. The summed E-state index contributed by atoms with van der Waals surface area (Å²) >= 11 is 0. The molecule has 2 heterocycles. The topological polar surface area (TPSA) is 30.9 Å². The van der Waals surface area contributed by atoms with Crippen molar-refractivity contribution in [3.05, 3.63) is 35.7 Å². The zero-order chi connectivity index (χ0) is 20.7. The quantitative estimate of drug-likeness (QED) is 0.720. The van der Waals surface area contributed by atoms with Gasteiger partial charge in [-0.3, -0.25) is 4.90 Å². The van der Waals surface area contributed by atoms with Gasteiger partial charge in [0.05, 0.1) is 16.8 Å². The number of hydrogen-bond acceptors (Lipinski definition) is 4. The Labute approximate surface area is 169 Å². The molecule has 0 amide bonds. The molecule has 6 heteroatoms. The van der Waals surface area contributed by atoms with Crippen LogP contribution < -0.4 is 5.46 Å². The van der Waals surface area contributed by atoms with E-state index in [4.69, 9.17) is 14.0 Å². The average Bonchev–Trinajstić information content (AvgIpc) is 2.83. The van der Waals surface area contributed by atoms with E-state index in [2.05, 4.69) is 24.8 Å². The highest BCUT2D eigenvalue weighted by molar-refractivity contribution is 6.62. The SMILES string of the molecule is COC(C)(C)CN1CC=C(c2ccc(B3OC(C)(C)C(C)(C)O3)cc2F)CC1. The van der Waals surface area contributed by atoms with Crippen LogP contribution in [0.1, 0.15) is 53.5 Å². The lowest BCUT2D eigenvalue weighted by molar-refractivity contribution is -0.00524. The summed E-state index contributed by atoms with van der Waals surface area (Å²) in [6.45, 7) is 14.7. The highest BCUT2D eigenvalue weighted by Crippen LogP contribution is 2.36. The molecular formula is C22H33BFNO3. The van der Waals surface area contributed by atoms with E-state index in [0.717, 1.165) is 37.1 Å². The van der Waals surface area contributed by atoms with E-state index in [1.165, 1.54) is 0 Å². The van der Waals surface area contributed by atoms with Crippen molar-refractivity contribution in [2.75, 3.05) is 26.7 Å². The molecular weight excluding hydrogens is 356 g/mol. The Morgan fingerprint density at radius 1 is 1.18 bits per heavy atom. The van der Waals surface area contributed by atoms with Crippen LogP contribution in [0.4, 0.5) is 4.39 Å². The Morgan fingerprint density at radius 2 is 1.82 bits per heavy atom. The maximum Gasteiger partial charge on any atom is 0.494 e. The highest BCUT2D eigenvalue weighted by atomic mass is 19.1. The number of hydrogen-bond donors (Lipinski definition) is 0. The fraction of sp³-hybridized carbons (Fsp3) is 0.636. The van der Waals surface area contributed by atoms with Gasteiger partial charge in [0, 0.05) is 32.3 Å². The number of ether oxygens (including phenoxy) is 1. The Morgan fingerprint density at radius 3 is 2.32 bits per heavy atom. The van der Waals surface area contributed by atoms with E-state index in [1.807, 2.05) is 39.8 Å². The van der Waals surface area contributed by atoms with Crippen molar-refractivity contribution in [3.8, 4) is 0 Å². The van der Waals surface area contributed by atoms with Crippen LogP contribution >= 0.6 is 0 Å². The Kier molecular flexibility index (Phi) is 5.81. The lowest BCUT2D eigenvalue weighted by Crippen LogP contribution is -2.41. The first kappa shape index (κ1) is 21.5. The molecule has 0 atom stereocenters. The largest absolute Gasteiger partial charge is 0.494 e. The number of nitrogens with zero attached hydrogens (tertiary/aromatic N) is 1. The van der Waals surface area contributed by atoms with Crippen LogP contribution in [0.2, 0.25) is 0 Å². The van der Waals surface area contributed by atoms with Crippen LogP contribution in [0.3, 0.4) is 0 Å². The molecule has 0 saturated carbocycles. The van der Waals surface area contributed by atoms with Crippen molar-refractivity contribution in [1.82, 2.24) is 4.90 Å². The van der Waals surface area contributed by atoms with Gasteiger partial charge in [0.2, 0.25) is 0 Å². The standard InChI is InChI=1S/C22H33BFNO3/c1-20(2,26-7)15-25-12-10-16(11-13-25)18-9-8-17(14-19(18)24)23-27-21(3,4)22(5,6)28-23/h8-10,14H,11-13,15H2,1-7H3. The van der Waals surface area contributed by atoms with Gasteiger partial charge in [-0.2, -0.15) is 0 Å². The van der Waals surface area contributed by atoms with Gasteiger partial charge in [-0.1, -0.05) is 18.2 Å². The van der Waals surface area contributed by atoms with E-state index in [0.29, 0.717) is 5.56 Å². The molecule has 1 fully saturated rings. The first-order valence-electron chi connectivity index (χ1n) is 10.1. The summed E-state index contributed by atoms with van der Waals surface area (Å²) in [7, 11) is 1.20. The summed E-state index contributed by atoms with van der Waals surface area (Å²) in [4.78, 5) is 2.34. The van der Waals surface area contributed by atoms with Crippen molar-refractivity contribution >= 4 is 18.2 Å². The summed E-state index contributed by atoms with van der Waals surface area (Å²) in [6, 6.07) is 5.33. The molecule has 3 rings (SSSR count). The molecule has 154 valence electrons. The number of rotatable bonds is 5. The Hall–Kier alpha value is -1.21. The predicted molar refractivity (Wildman–Crippen MR) is 112 cm³/mol. The van der Waals surface area contributed by atoms with Gasteiger partial charge < -0.3 is 14.0 Å². The summed E-state index contributed by atoms with van der Waals surface area (Å²) < 4.78 is 32.5. The van der Waals surface area contributed by atoms with Crippen molar-refractivity contribution in [1.29, 1.82) is 0 Å². The van der Waals surface area contributed by atoms with E-state index in [-0.39, 0.29) is 11.4 Å². The molecule has 1 aromatic carbocycles. The van der Waals surface area contributed by atoms with E-state index in [9.17, 15) is 4.39 Å². The predicted octanol–water partition coefficient (Wildman–Crippen LogP) is 3.64. The molecule has 4 nitrogen and oxygen atoms in total. The zero-order valence-corrected chi connectivity index (χ0v) is 18.3. The van der Waals surface area contributed by atoms with Crippen LogP contribution in [-0.4, -0.2) is 55.6 Å². The van der Waals surface area contributed by atoms with Crippen molar-refractivity contribution < 1.29 is 18.4 Å². The first-order chi connectivity index (χ1) is 12.9. The second-order valence-corrected chi connectivity index (χ2v) is 9.51. The summed E-state index contributed by atoms with van der Waals surface area (Å²) in [5, 5.41) is 0. The molecule has 28 heavy (non-hydrogen) atoms. The van der Waals surface area contributed by atoms with Crippen LogP contribution in [-0.2, 0) is 14.0 Å². The van der Waals surface area contributed by atoms with Crippen molar-refractivity contribution in [2.24, 2.45) is 0 Å². The fourth-order valence-electron chi connectivity index (χ4n) is 3.62. The Bertz CT molecular complexity index is 744.